The summed E-state index contributed by atoms with van der Waals surface area (Å²) in [5.74, 6) is 0.779. The van der Waals surface area contributed by atoms with Crippen LogP contribution in [0.5, 0.6) is 0 Å². The molecule has 0 amide bonds. The number of nitrogens with zero attached hydrogens (tertiary/aromatic N) is 5. The van der Waals surface area contributed by atoms with Gasteiger partial charge >= 0.3 is 0 Å². The first-order chi connectivity index (χ1) is 8.79. The van der Waals surface area contributed by atoms with Crippen molar-refractivity contribution < 1.29 is 0 Å². The quantitative estimate of drug-likeness (QED) is 0.848. The normalized spacial score (nSPS) is 15.2. The maximum absolute atomic E-state index is 4.30. The maximum atomic E-state index is 4.30. The van der Waals surface area contributed by atoms with Crippen LogP contribution in [-0.2, 0) is 20.1 Å². The molecule has 3 rings (SSSR count). The highest BCUT2D eigenvalue weighted by Gasteiger charge is 2.25. The zero-order chi connectivity index (χ0) is 12.5. The molecule has 96 valence electrons. The van der Waals surface area contributed by atoms with Crippen LogP contribution < -0.4 is 5.32 Å². The summed E-state index contributed by atoms with van der Waals surface area (Å²) in [4.78, 5) is 0. The lowest BCUT2D eigenvalue weighted by Gasteiger charge is -2.07. The number of hydrogen-bond acceptors (Lipinski definition) is 4. The van der Waals surface area contributed by atoms with Crippen LogP contribution in [0, 0.1) is 5.92 Å². The predicted octanol–water partition coefficient (Wildman–Crippen LogP) is 0.808. The molecule has 0 bridgehead atoms. The Morgan fingerprint density at radius 3 is 2.89 bits per heavy atom. The molecule has 0 atom stereocenters. The van der Waals surface area contributed by atoms with E-state index in [4.69, 9.17) is 0 Å². The molecular formula is C12H18N6. The molecule has 1 fully saturated rings. The Morgan fingerprint density at radius 1 is 1.44 bits per heavy atom. The van der Waals surface area contributed by atoms with Gasteiger partial charge in [-0.3, -0.25) is 4.68 Å². The Balaban J connectivity index is 2.01. The molecule has 0 saturated heterocycles. The molecule has 1 aliphatic rings. The average molecular weight is 246 g/mol. The molecule has 1 saturated carbocycles. The molecular weight excluding hydrogens is 228 g/mol. The van der Waals surface area contributed by atoms with Crippen LogP contribution in [-0.4, -0.2) is 31.8 Å². The van der Waals surface area contributed by atoms with Gasteiger partial charge in [-0.25, -0.2) is 4.68 Å². The first kappa shape index (κ1) is 11.4. The van der Waals surface area contributed by atoms with Gasteiger partial charge in [-0.05, 0) is 31.9 Å². The molecule has 1 N–H and O–H groups in total. The van der Waals surface area contributed by atoms with Gasteiger partial charge in [-0.2, -0.15) is 5.10 Å². The lowest BCUT2D eigenvalue weighted by molar-refractivity contribution is 0.546. The smallest absolute Gasteiger partial charge is 0.111 e. The van der Waals surface area contributed by atoms with Crippen molar-refractivity contribution in [1.82, 2.24) is 30.1 Å². The molecule has 6 heteroatoms. The Bertz CT molecular complexity index is 537. The van der Waals surface area contributed by atoms with E-state index in [0.29, 0.717) is 0 Å². The van der Waals surface area contributed by atoms with Crippen LogP contribution in [0.3, 0.4) is 0 Å². The summed E-state index contributed by atoms with van der Waals surface area (Å²) in [5, 5.41) is 16.0. The van der Waals surface area contributed by atoms with Gasteiger partial charge in [0.25, 0.3) is 0 Å². The highest BCUT2D eigenvalue weighted by atomic mass is 15.4. The molecule has 2 aromatic heterocycles. The van der Waals surface area contributed by atoms with Crippen LogP contribution in [0.25, 0.3) is 11.4 Å². The first-order valence-corrected chi connectivity index (χ1v) is 6.35. The SMILES string of the molecule is CNCc1nnn(CC2CC2)c1-c1ccnn1C. The fraction of sp³-hybridized carbons (Fsp3) is 0.583. The monoisotopic (exact) mass is 246 g/mol. The van der Waals surface area contributed by atoms with Gasteiger partial charge in [-0.15, -0.1) is 5.10 Å². The Labute approximate surface area is 106 Å². The Kier molecular flexibility index (Phi) is 2.87. The van der Waals surface area contributed by atoms with Gasteiger partial charge in [0.05, 0.1) is 5.69 Å². The number of rotatable bonds is 5. The predicted molar refractivity (Wildman–Crippen MR) is 67.7 cm³/mol. The van der Waals surface area contributed by atoms with Crippen molar-refractivity contribution >= 4 is 0 Å². The summed E-state index contributed by atoms with van der Waals surface area (Å²) in [6.45, 7) is 1.70. The first-order valence-electron chi connectivity index (χ1n) is 6.35. The summed E-state index contributed by atoms with van der Waals surface area (Å²) in [6.07, 6.45) is 4.44. The van der Waals surface area contributed by atoms with Crippen LogP contribution in [0.4, 0.5) is 0 Å². The van der Waals surface area contributed by atoms with Crippen LogP contribution >= 0.6 is 0 Å². The van der Waals surface area contributed by atoms with Crippen LogP contribution in [0.2, 0.25) is 0 Å². The molecule has 2 heterocycles. The minimum Gasteiger partial charge on any atom is -0.314 e. The average Bonchev–Trinajstić information content (AvgIpc) is 2.95. The van der Waals surface area contributed by atoms with Gasteiger partial charge in [-0.1, -0.05) is 5.21 Å². The molecule has 0 aliphatic heterocycles. The van der Waals surface area contributed by atoms with E-state index in [1.54, 1.807) is 0 Å². The molecule has 2 aromatic rings. The maximum Gasteiger partial charge on any atom is 0.111 e. The lowest BCUT2D eigenvalue weighted by Crippen LogP contribution is -2.10. The van der Waals surface area contributed by atoms with E-state index in [9.17, 15) is 0 Å². The summed E-state index contributed by atoms with van der Waals surface area (Å²) < 4.78 is 3.91. The number of aryl methyl sites for hydroxylation is 1. The minimum absolute atomic E-state index is 0.727. The zero-order valence-corrected chi connectivity index (χ0v) is 10.8. The highest BCUT2D eigenvalue weighted by Crippen LogP contribution is 2.32. The molecule has 0 aromatic carbocycles. The van der Waals surface area contributed by atoms with Gasteiger partial charge in [0.1, 0.15) is 11.4 Å². The standard InChI is InChI=1S/C12H18N6/c1-13-7-10-12(11-5-6-14-17(11)2)18(16-15-10)8-9-3-4-9/h5-6,9,13H,3-4,7-8H2,1-2H3. The molecule has 1 aliphatic carbocycles. The van der Waals surface area contributed by atoms with E-state index in [1.807, 2.05) is 35.7 Å². The zero-order valence-electron chi connectivity index (χ0n) is 10.8. The van der Waals surface area contributed by atoms with Crippen molar-refractivity contribution in [3.8, 4) is 11.4 Å². The second-order valence-electron chi connectivity index (χ2n) is 4.88. The van der Waals surface area contributed by atoms with E-state index in [1.165, 1.54) is 12.8 Å². The van der Waals surface area contributed by atoms with Crippen molar-refractivity contribution in [2.75, 3.05) is 7.05 Å². The third-order valence-corrected chi connectivity index (χ3v) is 3.34. The molecule has 0 radical (unpaired) electrons. The molecule has 0 unspecified atom stereocenters. The van der Waals surface area contributed by atoms with Crippen molar-refractivity contribution in [1.29, 1.82) is 0 Å². The molecule has 18 heavy (non-hydrogen) atoms. The van der Waals surface area contributed by atoms with E-state index < -0.39 is 0 Å². The van der Waals surface area contributed by atoms with E-state index in [0.717, 1.165) is 36.1 Å². The lowest BCUT2D eigenvalue weighted by atomic mass is 10.2. The van der Waals surface area contributed by atoms with E-state index >= 15 is 0 Å². The molecule has 6 nitrogen and oxygen atoms in total. The molecule has 0 spiro atoms. The summed E-state index contributed by atoms with van der Waals surface area (Å²) in [6, 6.07) is 2.02. The largest absolute Gasteiger partial charge is 0.314 e. The van der Waals surface area contributed by atoms with E-state index in [2.05, 4.69) is 20.7 Å². The van der Waals surface area contributed by atoms with Gasteiger partial charge in [0.2, 0.25) is 0 Å². The van der Waals surface area contributed by atoms with Crippen molar-refractivity contribution in [3.05, 3.63) is 18.0 Å². The third-order valence-electron chi connectivity index (χ3n) is 3.34. The second-order valence-corrected chi connectivity index (χ2v) is 4.88. The summed E-state index contributed by atoms with van der Waals surface area (Å²) in [5.41, 5.74) is 3.16. The van der Waals surface area contributed by atoms with Crippen LogP contribution in [0.1, 0.15) is 18.5 Å². The van der Waals surface area contributed by atoms with E-state index in [-0.39, 0.29) is 0 Å². The van der Waals surface area contributed by atoms with Crippen molar-refractivity contribution in [3.63, 3.8) is 0 Å². The van der Waals surface area contributed by atoms with Crippen molar-refractivity contribution in [2.45, 2.75) is 25.9 Å². The van der Waals surface area contributed by atoms with Crippen molar-refractivity contribution in [2.24, 2.45) is 13.0 Å². The summed E-state index contributed by atoms with van der Waals surface area (Å²) >= 11 is 0. The minimum atomic E-state index is 0.727. The fourth-order valence-corrected chi connectivity index (χ4v) is 2.19. The number of nitrogens with one attached hydrogen (secondary N) is 1. The highest BCUT2D eigenvalue weighted by molar-refractivity contribution is 5.57. The summed E-state index contributed by atoms with van der Waals surface area (Å²) in [7, 11) is 3.87. The van der Waals surface area contributed by atoms with Gasteiger partial charge in [0.15, 0.2) is 0 Å². The Hall–Kier alpha value is -1.69. The second kappa shape index (κ2) is 4.53. The fourth-order valence-electron chi connectivity index (χ4n) is 2.19. The number of hydrogen-bond donors (Lipinski definition) is 1. The number of aromatic nitrogens is 5. The Morgan fingerprint density at radius 2 is 2.28 bits per heavy atom. The van der Waals surface area contributed by atoms with Gasteiger partial charge < -0.3 is 5.32 Å². The topological polar surface area (TPSA) is 60.6 Å². The third kappa shape index (κ3) is 2.03. The van der Waals surface area contributed by atoms with Gasteiger partial charge in [0, 0.05) is 26.3 Å². The van der Waals surface area contributed by atoms with Crippen LogP contribution in [0.15, 0.2) is 12.3 Å².